The lowest BCUT2D eigenvalue weighted by atomic mass is 10.2. The van der Waals surface area contributed by atoms with Gasteiger partial charge in [0.05, 0.1) is 25.6 Å². The number of aliphatic hydroxyl groups excluding tert-OH is 2. The van der Waals surface area contributed by atoms with Gasteiger partial charge in [0.2, 0.25) is 5.95 Å². The molecular weight excluding hydrogens is 531 g/mol. The number of phosphoric acid groups is 1. The molecule has 0 saturated carbocycles. The number of hydrogen-bond acceptors (Lipinski definition) is 14. The molecule has 206 valence electrons. The van der Waals surface area contributed by atoms with Crippen LogP contribution in [0.15, 0.2) is 28.2 Å². The number of ether oxygens (including phenoxy) is 2. The number of nitrogens with zero attached hydrogens (tertiary/aromatic N) is 5. The van der Waals surface area contributed by atoms with Crippen molar-refractivity contribution >= 4 is 30.8 Å². The highest BCUT2D eigenvalue weighted by Gasteiger charge is 2.43. The van der Waals surface area contributed by atoms with E-state index in [1.807, 2.05) is 0 Å². The number of aromatic nitrogens is 6. The topological polar surface area (TPSA) is 265 Å². The van der Waals surface area contributed by atoms with E-state index in [9.17, 15) is 29.3 Å². The molecule has 8 N–H and O–H groups in total. The Morgan fingerprint density at radius 1 is 1.16 bits per heavy atom. The summed E-state index contributed by atoms with van der Waals surface area (Å²) in [5, 5.41) is 20.1. The Bertz CT molecular complexity index is 1490. The summed E-state index contributed by atoms with van der Waals surface area (Å²) >= 11 is 0. The average Bonchev–Trinajstić information content (AvgIpc) is 3.54. The van der Waals surface area contributed by atoms with Crippen LogP contribution in [0, 0.1) is 0 Å². The van der Waals surface area contributed by atoms with Crippen LogP contribution in [-0.2, 0) is 23.1 Å². The lowest BCUT2D eigenvalue weighted by Gasteiger charge is -2.21. The smallest absolute Gasteiger partial charge is 0.394 e. The summed E-state index contributed by atoms with van der Waals surface area (Å²) in [6.45, 7) is -1.10. The van der Waals surface area contributed by atoms with E-state index in [0.29, 0.717) is 0 Å². The molecular formula is C19H25N8O10P. The number of nitrogens with two attached hydrogens (primary N) is 2. The molecule has 2 aliphatic heterocycles. The van der Waals surface area contributed by atoms with Gasteiger partial charge in [0, 0.05) is 19.0 Å². The molecule has 0 bridgehead atoms. The zero-order valence-corrected chi connectivity index (χ0v) is 20.5. The molecule has 0 spiro atoms. The molecule has 3 aromatic heterocycles. The fraction of sp³-hybridized carbons (Fsp3) is 0.526. The molecule has 0 aromatic carbocycles. The second kappa shape index (κ2) is 10.2. The van der Waals surface area contributed by atoms with Gasteiger partial charge < -0.3 is 36.0 Å². The van der Waals surface area contributed by atoms with Crippen molar-refractivity contribution in [2.75, 3.05) is 24.7 Å². The van der Waals surface area contributed by atoms with E-state index in [4.69, 9.17) is 30.0 Å². The predicted molar refractivity (Wildman–Crippen MR) is 126 cm³/mol. The maximum Gasteiger partial charge on any atom is 0.472 e. The standard InChI is InChI=1S/C19H25N8O10P/c20-12-1-2-26(19(31)23-12)14-4-9(10(5-28)35-14)37-38(32,33)34-6-11-8(29)3-13(36-11)27-7-22-15-16(27)24-18(21)25-17(15)30/h1-2,7-11,13-14,28-29H,3-6H2,(H,32,33)(H2,20,23,31)(H3,21,24,25,30)/t8-,9?,10+,11+,13?,14+/m0/s1. The van der Waals surface area contributed by atoms with Crippen LogP contribution in [0.3, 0.4) is 0 Å². The first-order valence-corrected chi connectivity index (χ1v) is 12.9. The van der Waals surface area contributed by atoms with Gasteiger partial charge in [-0.25, -0.2) is 14.3 Å². The number of fused-ring (bicyclic) bond motifs is 1. The van der Waals surface area contributed by atoms with E-state index in [1.165, 1.54) is 23.2 Å². The summed E-state index contributed by atoms with van der Waals surface area (Å²) in [5.41, 5.74) is 10.0. The first-order chi connectivity index (χ1) is 18.0. The second-order valence-electron chi connectivity index (χ2n) is 8.71. The number of nitrogen functional groups attached to an aromatic ring is 2. The quantitative estimate of drug-likeness (QED) is 0.163. The number of rotatable bonds is 8. The number of nitrogens with one attached hydrogen (secondary N) is 1. The van der Waals surface area contributed by atoms with Crippen molar-refractivity contribution in [2.24, 2.45) is 0 Å². The summed E-state index contributed by atoms with van der Waals surface area (Å²) in [6.07, 6.45) is -3.42. The molecule has 3 aromatic rings. The Balaban J connectivity index is 1.22. The van der Waals surface area contributed by atoms with Crippen LogP contribution < -0.4 is 22.7 Å². The molecule has 38 heavy (non-hydrogen) atoms. The summed E-state index contributed by atoms with van der Waals surface area (Å²) in [6, 6.07) is 1.38. The molecule has 7 atom stereocenters. The fourth-order valence-corrected chi connectivity index (χ4v) is 5.31. The third kappa shape index (κ3) is 5.20. The molecule has 5 heterocycles. The molecule has 5 rings (SSSR count). The van der Waals surface area contributed by atoms with Crippen LogP contribution >= 0.6 is 7.82 Å². The Hall–Kier alpha value is -3.22. The first-order valence-electron chi connectivity index (χ1n) is 11.4. The summed E-state index contributed by atoms with van der Waals surface area (Å²) in [4.78, 5) is 48.4. The number of aromatic amines is 1. The number of anilines is 2. The Morgan fingerprint density at radius 2 is 1.89 bits per heavy atom. The number of hydrogen-bond donors (Lipinski definition) is 6. The third-order valence-electron chi connectivity index (χ3n) is 6.16. The van der Waals surface area contributed by atoms with Gasteiger partial charge in [-0.1, -0.05) is 0 Å². The van der Waals surface area contributed by atoms with Crippen LogP contribution in [0.4, 0.5) is 11.8 Å². The predicted octanol–water partition coefficient (Wildman–Crippen LogP) is -2.03. The third-order valence-corrected chi connectivity index (χ3v) is 7.17. The molecule has 0 radical (unpaired) electrons. The maximum atomic E-state index is 12.7. The zero-order chi connectivity index (χ0) is 27.2. The van der Waals surface area contributed by atoms with E-state index in [-0.39, 0.29) is 35.8 Å². The fourth-order valence-electron chi connectivity index (χ4n) is 4.35. The van der Waals surface area contributed by atoms with Gasteiger partial charge in [-0.2, -0.15) is 9.97 Å². The molecule has 0 aliphatic carbocycles. The molecule has 0 amide bonds. The van der Waals surface area contributed by atoms with Crippen molar-refractivity contribution in [3.8, 4) is 0 Å². The van der Waals surface area contributed by atoms with E-state index >= 15 is 0 Å². The second-order valence-corrected chi connectivity index (χ2v) is 10.1. The Morgan fingerprint density at radius 3 is 2.63 bits per heavy atom. The molecule has 19 heteroatoms. The molecule has 2 aliphatic rings. The Kier molecular flexibility index (Phi) is 7.05. The molecule has 2 fully saturated rings. The van der Waals surface area contributed by atoms with Gasteiger partial charge in [0.1, 0.15) is 36.6 Å². The van der Waals surface area contributed by atoms with Gasteiger partial charge in [-0.05, 0) is 6.07 Å². The Labute approximate surface area is 212 Å². The largest absolute Gasteiger partial charge is 0.472 e. The highest BCUT2D eigenvalue weighted by molar-refractivity contribution is 7.47. The van der Waals surface area contributed by atoms with Crippen molar-refractivity contribution in [2.45, 2.75) is 49.7 Å². The minimum Gasteiger partial charge on any atom is -0.394 e. The SMILES string of the molecule is Nc1ccn([C@H]2CC(OP(=O)(O)OC[C@H]3OC(n4cnc5c(=O)[nH]c(N)nc54)C[C@@H]3O)[C@@H](CO)O2)c(=O)n1. The normalized spacial score (nSPS) is 29.1. The lowest BCUT2D eigenvalue weighted by molar-refractivity contribution is -0.0564. The molecule has 3 unspecified atom stereocenters. The molecule has 2 saturated heterocycles. The number of imidazole rings is 1. The van der Waals surface area contributed by atoms with Gasteiger partial charge in [-0.3, -0.25) is 28.0 Å². The average molecular weight is 556 g/mol. The van der Waals surface area contributed by atoms with Crippen molar-refractivity contribution in [1.29, 1.82) is 0 Å². The first kappa shape index (κ1) is 26.4. The zero-order valence-electron chi connectivity index (χ0n) is 19.6. The lowest BCUT2D eigenvalue weighted by Crippen LogP contribution is -2.29. The van der Waals surface area contributed by atoms with Crippen LogP contribution in [0.1, 0.15) is 25.3 Å². The number of H-pyrrole nitrogens is 1. The number of phosphoric ester groups is 1. The summed E-state index contributed by atoms with van der Waals surface area (Å²) in [7, 11) is -4.74. The minimum atomic E-state index is -4.74. The summed E-state index contributed by atoms with van der Waals surface area (Å²) < 4.78 is 36.8. The van der Waals surface area contributed by atoms with Gasteiger partial charge in [0.25, 0.3) is 5.56 Å². The van der Waals surface area contributed by atoms with E-state index in [2.05, 4.69) is 19.9 Å². The van der Waals surface area contributed by atoms with E-state index in [1.54, 1.807) is 0 Å². The van der Waals surface area contributed by atoms with E-state index < -0.39 is 69.2 Å². The molecule has 18 nitrogen and oxygen atoms in total. The van der Waals surface area contributed by atoms with Crippen molar-refractivity contribution in [3.63, 3.8) is 0 Å². The minimum absolute atomic E-state index is 0.0119. The summed E-state index contributed by atoms with van der Waals surface area (Å²) in [5.74, 6) is -0.115. The van der Waals surface area contributed by atoms with Crippen LogP contribution in [-0.4, -0.2) is 81.8 Å². The van der Waals surface area contributed by atoms with Crippen molar-refractivity contribution in [1.82, 2.24) is 29.1 Å². The van der Waals surface area contributed by atoms with E-state index in [0.717, 1.165) is 4.57 Å². The van der Waals surface area contributed by atoms with Crippen LogP contribution in [0.25, 0.3) is 11.2 Å². The van der Waals surface area contributed by atoms with Gasteiger partial charge in [-0.15, -0.1) is 0 Å². The highest BCUT2D eigenvalue weighted by Crippen LogP contribution is 2.49. The van der Waals surface area contributed by atoms with Crippen molar-refractivity contribution < 1.29 is 38.2 Å². The van der Waals surface area contributed by atoms with Crippen molar-refractivity contribution in [3.05, 3.63) is 39.4 Å². The van der Waals surface area contributed by atoms with Gasteiger partial charge >= 0.3 is 13.5 Å². The van der Waals surface area contributed by atoms with Crippen LogP contribution in [0.5, 0.6) is 0 Å². The van der Waals surface area contributed by atoms with Gasteiger partial charge in [0.15, 0.2) is 11.2 Å². The highest BCUT2D eigenvalue weighted by atomic mass is 31.2. The maximum absolute atomic E-state index is 12.7. The number of aliphatic hydroxyl groups is 2. The monoisotopic (exact) mass is 556 g/mol. The van der Waals surface area contributed by atoms with Crippen LogP contribution in [0.2, 0.25) is 0 Å².